The Hall–Kier alpha value is -3.01. The molecular formula is C25H30ClN5O3S. The largest absolute Gasteiger partial charge is 0.478 e. The zero-order chi connectivity index (χ0) is 25.4. The number of halogens is 1. The van der Waals surface area contributed by atoms with E-state index in [1.165, 1.54) is 23.0 Å². The lowest BCUT2D eigenvalue weighted by Crippen LogP contribution is -2.38. The van der Waals surface area contributed by atoms with Gasteiger partial charge in [-0.1, -0.05) is 29.8 Å². The van der Waals surface area contributed by atoms with Crippen LogP contribution in [0, 0.1) is 0 Å². The van der Waals surface area contributed by atoms with Gasteiger partial charge in [-0.3, -0.25) is 9.69 Å². The third-order valence-electron chi connectivity index (χ3n) is 5.52. The lowest BCUT2D eigenvalue weighted by Gasteiger charge is -2.32. The van der Waals surface area contributed by atoms with Crippen LogP contribution < -0.4 is 5.32 Å². The van der Waals surface area contributed by atoms with Gasteiger partial charge in [-0.05, 0) is 43.5 Å². The van der Waals surface area contributed by atoms with Crippen LogP contribution in [0.15, 0.2) is 48.8 Å². The molecule has 1 aliphatic rings. The quantitative estimate of drug-likeness (QED) is 0.456. The van der Waals surface area contributed by atoms with Crippen LogP contribution >= 0.6 is 22.9 Å². The minimum Gasteiger partial charge on any atom is -0.478 e. The van der Waals surface area contributed by atoms with E-state index >= 15 is 0 Å². The first-order chi connectivity index (χ1) is 16.8. The van der Waals surface area contributed by atoms with Gasteiger partial charge in [-0.2, -0.15) is 0 Å². The van der Waals surface area contributed by atoms with Crippen molar-refractivity contribution >= 4 is 50.8 Å². The third kappa shape index (κ3) is 7.74. The maximum Gasteiger partial charge on any atom is 0.327 e. The number of benzene rings is 1. The summed E-state index contributed by atoms with van der Waals surface area (Å²) in [7, 11) is 3.56. The number of carbonyl (C=O) groups is 2. The number of anilines is 1. The number of carbonyl (C=O) groups excluding carboxylic acids is 1. The summed E-state index contributed by atoms with van der Waals surface area (Å²) in [4.78, 5) is 35.4. The highest BCUT2D eigenvalue weighted by Crippen LogP contribution is 2.32. The van der Waals surface area contributed by atoms with Gasteiger partial charge in [0.2, 0.25) is 0 Å². The Morgan fingerprint density at radius 3 is 2.63 bits per heavy atom. The monoisotopic (exact) mass is 515 g/mol. The lowest BCUT2D eigenvalue weighted by molar-refractivity contribution is -0.131. The first kappa shape index (κ1) is 26.6. The first-order valence-electron chi connectivity index (χ1n) is 11.3. The number of aromatic nitrogens is 2. The maximum atomic E-state index is 12.2. The number of nitrogens with one attached hydrogen (secondary N) is 1. The van der Waals surface area contributed by atoms with Gasteiger partial charge in [0.1, 0.15) is 17.0 Å². The molecule has 4 rings (SSSR count). The number of aliphatic carboxylic acids is 1. The number of allylic oxidation sites excluding steroid dienone is 1. The number of carboxylic acid groups (broad SMARTS) is 1. The molecule has 1 fully saturated rings. The van der Waals surface area contributed by atoms with E-state index in [0.717, 1.165) is 64.5 Å². The fraction of sp³-hybridized carbons (Fsp3) is 0.360. The van der Waals surface area contributed by atoms with E-state index < -0.39 is 5.97 Å². The van der Waals surface area contributed by atoms with Crippen molar-refractivity contribution < 1.29 is 14.7 Å². The number of rotatable bonds is 6. The molecule has 0 saturated carbocycles. The standard InChI is InChI=1S/C21H24ClN5OS.C4H6O2/c1-26(2)21(28)15-5-3-4-14(10-15)12-27-8-6-16(7-9-27)25-19-17-11-18(22)29-20(17)24-13-23-19;1-2-3-4(5)6/h3-5,10-11,13,16H,6-9,12H2,1-2H3,(H,23,24,25);2-3H,1H3,(H,5,6)/b;3-2-. The molecule has 0 aliphatic carbocycles. The summed E-state index contributed by atoms with van der Waals surface area (Å²) >= 11 is 7.61. The molecule has 8 nitrogen and oxygen atoms in total. The summed E-state index contributed by atoms with van der Waals surface area (Å²) in [5.74, 6) is 0.0171. The van der Waals surface area contributed by atoms with Gasteiger partial charge in [0.15, 0.2) is 0 Å². The van der Waals surface area contributed by atoms with E-state index in [2.05, 4.69) is 26.3 Å². The highest BCUT2D eigenvalue weighted by atomic mass is 35.5. The van der Waals surface area contributed by atoms with Gasteiger partial charge >= 0.3 is 5.97 Å². The summed E-state index contributed by atoms with van der Waals surface area (Å²) < 4.78 is 0.730. The van der Waals surface area contributed by atoms with Gasteiger partial charge in [-0.25, -0.2) is 14.8 Å². The van der Waals surface area contributed by atoms with Crippen molar-refractivity contribution in [1.29, 1.82) is 0 Å². The number of piperidine rings is 1. The van der Waals surface area contributed by atoms with Gasteiger partial charge < -0.3 is 15.3 Å². The van der Waals surface area contributed by atoms with Crippen molar-refractivity contribution in [3.63, 3.8) is 0 Å². The molecule has 2 N–H and O–H groups in total. The SMILES string of the molecule is C/C=C\C(=O)O.CN(C)C(=O)c1cccc(CN2CCC(Nc3ncnc4sc(Cl)cc34)CC2)c1. The molecule has 1 aliphatic heterocycles. The number of hydrogen-bond donors (Lipinski definition) is 2. The molecular weight excluding hydrogens is 486 g/mol. The van der Waals surface area contributed by atoms with Gasteiger partial charge in [0.05, 0.1) is 9.72 Å². The van der Waals surface area contributed by atoms with Crippen LogP contribution in [0.2, 0.25) is 4.34 Å². The zero-order valence-electron chi connectivity index (χ0n) is 20.1. The first-order valence-corrected chi connectivity index (χ1v) is 12.5. The zero-order valence-corrected chi connectivity index (χ0v) is 21.6. The molecule has 1 saturated heterocycles. The molecule has 1 aromatic carbocycles. The lowest BCUT2D eigenvalue weighted by atomic mass is 10.0. The molecule has 10 heteroatoms. The van der Waals surface area contributed by atoms with Crippen LogP contribution in [-0.4, -0.2) is 70.0 Å². The molecule has 3 aromatic rings. The van der Waals surface area contributed by atoms with Crippen molar-refractivity contribution in [3.8, 4) is 0 Å². The Balaban J connectivity index is 0.000000509. The molecule has 0 atom stereocenters. The minimum absolute atomic E-state index is 0.0412. The molecule has 0 radical (unpaired) electrons. The van der Waals surface area contributed by atoms with E-state index in [0.29, 0.717) is 6.04 Å². The Bertz CT molecular complexity index is 1190. The predicted octanol–water partition coefficient (Wildman–Crippen LogP) is 4.77. The van der Waals surface area contributed by atoms with E-state index in [9.17, 15) is 9.59 Å². The number of thiophene rings is 1. The number of fused-ring (bicyclic) bond motifs is 1. The third-order valence-corrected chi connectivity index (χ3v) is 6.70. The molecule has 0 spiro atoms. The van der Waals surface area contributed by atoms with Crippen molar-refractivity contribution in [1.82, 2.24) is 19.8 Å². The van der Waals surface area contributed by atoms with Gasteiger partial charge in [0.25, 0.3) is 5.91 Å². The van der Waals surface area contributed by atoms with Gasteiger partial charge in [0, 0.05) is 51.4 Å². The van der Waals surface area contributed by atoms with E-state index in [4.69, 9.17) is 16.7 Å². The molecule has 0 bridgehead atoms. The molecule has 0 unspecified atom stereocenters. The number of amides is 1. The second-order valence-corrected chi connectivity index (χ2v) is 10.1. The Morgan fingerprint density at radius 1 is 1.26 bits per heavy atom. The number of likely N-dealkylation sites (tertiary alicyclic amines) is 1. The fourth-order valence-corrected chi connectivity index (χ4v) is 4.89. The second kappa shape index (κ2) is 12.6. The predicted molar refractivity (Wildman–Crippen MR) is 141 cm³/mol. The van der Waals surface area contributed by atoms with E-state index in [1.807, 2.05) is 24.3 Å². The summed E-state index contributed by atoms with van der Waals surface area (Å²) in [6.45, 7) is 4.53. The summed E-state index contributed by atoms with van der Waals surface area (Å²) in [5.41, 5.74) is 1.92. The van der Waals surface area contributed by atoms with Crippen molar-refractivity contribution in [2.45, 2.75) is 32.4 Å². The topological polar surface area (TPSA) is 98.7 Å². The smallest absolute Gasteiger partial charge is 0.327 e. The van der Waals surface area contributed by atoms with Gasteiger partial charge in [-0.15, -0.1) is 11.3 Å². The Morgan fingerprint density at radius 2 is 2.00 bits per heavy atom. The summed E-state index contributed by atoms with van der Waals surface area (Å²) in [5, 5.41) is 12.4. The maximum absolute atomic E-state index is 12.2. The summed E-state index contributed by atoms with van der Waals surface area (Å²) in [6.07, 6.45) is 6.23. The fourth-order valence-electron chi connectivity index (χ4n) is 3.83. The normalized spacial score (nSPS) is 14.5. The molecule has 2 aromatic heterocycles. The Kier molecular flexibility index (Phi) is 9.59. The minimum atomic E-state index is -0.891. The van der Waals surface area contributed by atoms with Crippen LogP contribution in [0.1, 0.15) is 35.7 Å². The van der Waals surface area contributed by atoms with Crippen molar-refractivity contribution in [2.75, 3.05) is 32.5 Å². The van der Waals surface area contributed by atoms with Crippen LogP contribution in [0.3, 0.4) is 0 Å². The van der Waals surface area contributed by atoms with Crippen LogP contribution in [0.5, 0.6) is 0 Å². The highest BCUT2D eigenvalue weighted by Gasteiger charge is 2.21. The highest BCUT2D eigenvalue weighted by molar-refractivity contribution is 7.22. The van der Waals surface area contributed by atoms with Crippen molar-refractivity contribution in [3.05, 3.63) is 64.3 Å². The average Bonchev–Trinajstić information content (AvgIpc) is 3.21. The molecule has 1 amide bonds. The second-order valence-electron chi connectivity index (χ2n) is 8.42. The number of nitrogens with zero attached hydrogens (tertiary/aromatic N) is 4. The number of hydrogen-bond acceptors (Lipinski definition) is 7. The van der Waals surface area contributed by atoms with Crippen LogP contribution in [0.25, 0.3) is 10.2 Å². The molecule has 186 valence electrons. The van der Waals surface area contributed by atoms with Crippen molar-refractivity contribution in [2.24, 2.45) is 0 Å². The van der Waals surface area contributed by atoms with E-state index in [-0.39, 0.29) is 5.91 Å². The van der Waals surface area contributed by atoms with Crippen LogP contribution in [-0.2, 0) is 11.3 Å². The molecule has 35 heavy (non-hydrogen) atoms. The van der Waals surface area contributed by atoms with Crippen LogP contribution in [0.4, 0.5) is 5.82 Å². The average molecular weight is 516 g/mol. The molecule has 3 heterocycles. The number of carboxylic acids is 1. The summed E-state index contributed by atoms with van der Waals surface area (Å²) in [6, 6.07) is 10.2. The Labute approximate surface area is 214 Å². The van der Waals surface area contributed by atoms with E-state index in [1.54, 1.807) is 32.2 Å².